The van der Waals surface area contributed by atoms with Gasteiger partial charge in [0.15, 0.2) is 0 Å². The number of rotatable bonds is 2. The van der Waals surface area contributed by atoms with Crippen LogP contribution in [0, 0.1) is 11.3 Å². The SMILES string of the molecule is N#Cc1c(Cn2cnc3sc4c(c3c2=O)CCCC4)cn2ccccc12. The van der Waals surface area contributed by atoms with Gasteiger partial charge in [-0.1, -0.05) is 6.07 Å². The lowest BCUT2D eigenvalue weighted by molar-refractivity contribution is 0.697. The van der Waals surface area contributed by atoms with Gasteiger partial charge >= 0.3 is 0 Å². The highest BCUT2D eigenvalue weighted by Gasteiger charge is 2.20. The van der Waals surface area contributed by atoms with Crippen molar-refractivity contribution in [2.45, 2.75) is 32.2 Å². The maximum absolute atomic E-state index is 13.1. The highest BCUT2D eigenvalue weighted by atomic mass is 32.1. The number of nitrogens with zero attached hydrogens (tertiary/aromatic N) is 4. The van der Waals surface area contributed by atoms with Crippen LogP contribution in [-0.2, 0) is 19.4 Å². The Balaban J connectivity index is 1.66. The second-order valence-corrected chi connectivity index (χ2v) is 7.79. The molecule has 0 aromatic carbocycles. The minimum atomic E-state index is 0.00791. The largest absolute Gasteiger partial charge is 0.322 e. The monoisotopic (exact) mass is 360 g/mol. The summed E-state index contributed by atoms with van der Waals surface area (Å²) in [6.45, 7) is 0.358. The highest BCUT2D eigenvalue weighted by molar-refractivity contribution is 7.18. The normalized spacial score (nSPS) is 13.8. The van der Waals surface area contributed by atoms with Crippen LogP contribution in [0.4, 0.5) is 0 Å². The number of hydrogen-bond acceptors (Lipinski definition) is 4. The zero-order valence-corrected chi connectivity index (χ0v) is 14.9. The quantitative estimate of drug-likeness (QED) is 0.549. The van der Waals surface area contributed by atoms with Gasteiger partial charge in [-0.25, -0.2) is 4.98 Å². The van der Waals surface area contributed by atoms with Crippen LogP contribution in [0.25, 0.3) is 15.7 Å². The van der Waals surface area contributed by atoms with Crippen LogP contribution in [0.5, 0.6) is 0 Å². The molecule has 0 N–H and O–H groups in total. The lowest BCUT2D eigenvalue weighted by Gasteiger charge is -2.10. The molecule has 4 aromatic rings. The van der Waals surface area contributed by atoms with Crippen LogP contribution in [0.1, 0.15) is 34.4 Å². The average molecular weight is 360 g/mol. The molecule has 1 aliphatic carbocycles. The fourth-order valence-electron chi connectivity index (χ4n) is 3.90. The maximum atomic E-state index is 13.1. The molecule has 0 saturated heterocycles. The number of fused-ring (bicyclic) bond motifs is 4. The molecule has 0 aliphatic heterocycles. The van der Waals surface area contributed by atoms with Crippen LogP contribution >= 0.6 is 11.3 Å². The molecule has 5 rings (SSSR count). The summed E-state index contributed by atoms with van der Waals surface area (Å²) in [4.78, 5) is 19.8. The molecule has 0 amide bonds. The van der Waals surface area contributed by atoms with Gasteiger partial charge in [0.25, 0.3) is 5.56 Å². The maximum Gasteiger partial charge on any atom is 0.262 e. The first-order valence-corrected chi connectivity index (χ1v) is 9.56. The summed E-state index contributed by atoms with van der Waals surface area (Å²) in [6.07, 6.45) is 9.81. The molecule has 6 heteroatoms. The van der Waals surface area contributed by atoms with Gasteiger partial charge in [-0.2, -0.15) is 5.26 Å². The Kier molecular flexibility index (Phi) is 3.44. The molecule has 0 saturated carbocycles. The van der Waals surface area contributed by atoms with Gasteiger partial charge in [-0.3, -0.25) is 9.36 Å². The first-order valence-electron chi connectivity index (χ1n) is 8.74. The highest BCUT2D eigenvalue weighted by Crippen LogP contribution is 2.33. The first-order chi connectivity index (χ1) is 12.8. The van der Waals surface area contributed by atoms with E-state index in [-0.39, 0.29) is 5.56 Å². The second kappa shape index (κ2) is 5.82. The minimum absolute atomic E-state index is 0.00791. The van der Waals surface area contributed by atoms with E-state index in [9.17, 15) is 10.1 Å². The Morgan fingerprint density at radius 1 is 1.27 bits per heavy atom. The predicted octanol–water partition coefficient (Wildman–Crippen LogP) is 3.51. The number of hydrogen-bond donors (Lipinski definition) is 0. The fourth-order valence-corrected chi connectivity index (χ4v) is 5.12. The van der Waals surface area contributed by atoms with Crippen LogP contribution in [0.15, 0.2) is 41.7 Å². The molecule has 0 bridgehead atoms. The van der Waals surface area contributed by atoms with E-state index in [0.29, 0.717) is 12.1 Å². The van der Waals surface area contributed by atoms with Crippen molar-refractivity contribution >= 4 is 27.1 Å². The van der Waals surface area contributed by atoms with Crippen molar-refractivity contribution in [3.63, 3.8) is 0 Å². The Morgan fingerprint density at radius 3 is 3.04 bits per heavy atom. The summed E-state index contributed by atoms with van der Waals surface area (Å²) in [6, 6.07) is 8.04. The van der Waals surface area contributed by atoms with Gasteiger partial charge in [-0.05, 0) is 43.4 Å². The molecule has 1 aliphatic rings. The summed E-state index contributed by atoms with van der Waals surface area (Å²) < 4.78 is 3.57. The van der Waals surface area contributed by atoms with Crippen LogP contribution < -0.4 is 5.56 Å². The Bertz CT molecular complexity index is 1250. The number of nitriles is 1. The van der Waals surface area contributed by atoms with Crippen LogP contribution in [-0.4, -0.2) is 14.0 Å². The second-order valence-electron chi connectivity index (χ2n) is 6.70. The van der Waals surface area contributed by atoms with Crippen LogP contribution in [0.3, 0.4) is 0 Å². The van der Waals surface area contributed by atoms with E-state index in [1.807, 2.05) is 35.0 Å². The molecule has 5 nitrogen and oxygen atoms in total. The number of pyridine rings is 1. The van der Waals surface area contributed by atoms with Gasteiger partial charge < -0.3 is 4.40 Å². The van der Waals surface area contributed by atoms with E-state index in [4.69, 9.17) is 0 Å². The third-order valence-electron chi connectivity index (χ3n) is 5.16. The van der Waals surface area contributed by atoms with Crippen molar-refractivity contribution in [2.75, 3.05) is 0 Å². The lowest BCUT2D eigenvalue weighted by atomic mass is 9.97. The summed E-state index contributed by atoms with van der Waals surface area (Å²) >= 11 is 1.66. The Morgan fingerprint density at radius 2 is 2.15 bits per heavy atom. The topological polar surface area (TPSA) is 63.1 Å². The number of thiophene rings is 1. The third kappa shape index (κ3) is 2.21. The standard InChI is InChI=1S/C20H16N4OS/c21-9-15-13(10-23-8-4-3-6-16(15)23)11-24-12-22-19-18(20(24)25)14-5-1-2-7-17(14)26-19/h3-4,6,8,10,12H,1-2,5,7,11H2. The van der Waals surface area contributed by atoms with Gasteiger partial charge in [0, 0.05) is 22.8 Å². The summed E-state index contributed by atoms with van der Waals surface area (Å²) in [5, 5.41) is 10.4. The van der Waals surface area contributed by atoms with Gasteiger partial charge in [0.05, 0.1) is 29.3 Å². The van der Waals surface area contributed by atoms with E-state index < -0.39 is 0 Å². The fraction of sp³-hybridized carbons (Fsp3) is 0.250. The molecule has 4 heterocycles. The van der Waals surface area contributed by atoms with Gasteiger partial charge in [-0.15, -0.1) is 11.3 Å². The molecule has 0 fully saturated rings. The summed E-state index contributed by atoms with van der Waals surface area (Å²) in [7, 11) is 0. The van der Waals surface area contributed by atoms with E-state index in [1.54, 1.807) is 22.2 Å². The number of aromatic nitrogens is 3. The van der Waals surface area contributed by atoms with E-state index in [0.717, 1.165) is 40.6 Å². The minimum Gasteiger partial charge on any atom is -0.322 e. The Hall–Kier alpha value is -2.91. The van der Waals surface area contributed by atoms with E-state index in [1.165, 1.54) is 16.9 Å². The molecule has 0 radical (unpaired) electrons. The molecule has 0 unspecified atom stereocenters. The predicted molar refractivity (Wildman–Crippen MR) is 102 cm³/mol. The van der Waals surface area contributed by atoms with E-state index in [2.05, 4.69) is 11.1 Å². The molecule has 4 aromatic heterocycles. The van der Waals surface area contributed by atoms with E-state index >= 15 is 0 Å². The Labute approximate surface area is 153 Å². The molecule has 128 valence electrons. The van der Waals surface area contributed by atoms with Crippen molar-refractivity contribution in [2.24, 2.45) is 0 Å². The molecule has 0 atom stereocenters. The van der Waals surface area contributed by atoms with Crippen molar-refractivity contribution in [1.82, 2.24) is 14.0 Å². The first kappa shape index (κ1) is 15.4. The summed E-state index contributed by atoms with van der Waals surface area (Å²) in [5.74, 6) is 0. The van der Waals surface area contributed by atoms with Gasteiger partial charge in [0.2, 0.25) is 0 Å². The zero-order valence-electron chi connectivity index (χ0n) is 14.1. The van der Waals surface area contributed by atoms with Crippen molar-refractivity contribution in [1.29, 1.82) is 5.26 Å². The molecular formula is C20H16N4OS. The molecule has 26 heavy (non-hydrogen) atoms. The zero-order chi connectivity index (χ0) is 17.7. The lowest BCUT2D eigenvalue weighted by Crippen LogP contribution is -2.21. The molecular weight excluding hydrogens is 344 g/mol. The van der Waals surface area contributed by atoms with Gasteiger partial charge in [0.1, 0.15) is 10.9 Å². The van der Waals surface area contributed by atoms with Crippen molar-refractivity contribution in [3.05, 3.63) is 68.8 Å². The van der Waals surface area contributed by atoms with Crippen LogP contribution in [0.2, 0.25) is 0 Å². The smallest absolute Gasteiger partial charge is 0.262 e. The van der Waals surface area contributed by atoms with Crippen molar-refractivity contribution < 1.29 is 0 Å². The number of aryl methyl sites for hydroxylation is 2. The average Bonchev–Trinajstić information content (AvgIpc) is 3.21. The summed E-state index contributed by atoms with van der Waals surface area (Å²) in [5.41, 5.74) is 3.52. The molecule has 0 spiro atoms. The third-order valence-corrected chi connectivity index (χ3v) is 6.36. The van der Waals surface area contributed by atoms with Crippen molar-refractivity contribution in [3.8, 4) is 6.07 Å².